The smallest absolute Gasteiger partial charge is 0.162 e. The van der Waals surface area contributed by atoms with E-state index in [-0.39, 0.29) is 12.4 Å². The summed E-state index contributed by atoms with van der Waals surface area (Å²) >= 11 is 0. The van der Waals surface area contributed by atoms with E-state index in [4.69, 9.17) is 4.74 Å². The van der Waals surface area contributed by atoms with Crippen molar-refractivity contribution in [1.29, 1.82) is 0 Å². The number of quaternary nitrogens is 1. The first-order valence-corrected chi connectivity index (χ1v) is 10.7. The highest BCUT2D eigenvalue weighted by molar-refractivity contribution is 5.95. The lowest BCUT2D eigenvalue weighted by Gasteiger charge is -2.34. The Balaban J connectivity index is 1.40. The fraction of sp³-hybridized carbons (Fsp3) is 0.458. The number of benzene rings is 2. The molecule has 0 radical (unpaired) electrons. The van der Waals surface area contributed by atoms with E-state index in [1.165, 1.54) is 16.2 Å². The number of Topliss-reactive ketones (excluding diaryl/α,β-unsaturated/α-hetero) is 1. The molecule has 0 spiro atoms. The molecule has 156 valence electrons. The third-order valence-electron chi connectivity index (χ3n) is 5.64. The molecule has 1 saturated heterocycles. The van der Waals surface area contributed by atoms with Crippen molar-refractivity contribution >= 4 is 11.5 Å². The minimum atomic E-state index is -0.502. The summed E-state index contributed by atoms with van der Waals surface area (Å²) in [5, 5.41) is 10.4. The number of aliphatic hydroxyl groups excluding tert-OH is 1. The number of nitrogens with zero attached hydrogens (tertiary/aromatic N) is 1. The molecule has 2 aromatic rings. The topological polar surface area (TPSA) is 54.2 Å². The second kappa shape index (κ2) is 10.4. The maximum absolute atomic E-state index is 11.7. The quantitative estimate of drug-likeness (QED) is 0.636. The highest BCUT2D eigenvalue weighted by Crippen LogP contribution is 2.16. The molecule has 3 rings (SSSR count). The van der Waals surface area contributed by atoms with Crippen LogP contribution in [0.15, 0.2) is 48.5 Å². The van der Waals surface area contributed by atoms with Crippen LogP contribution >= 0.6 is 0 Å². The standard InChI is InChI=1S/C24H32N2O3/c1-3-19-5-9-21(10-6-19)26-15-13-25(14-16-26)17-22(27)18-29-23-11-7-20(8-12-23)24(28)4-2/h5-12,22,27H,3-4,13-18H2,1-2H3/p+1/t22-/m1/s1. The monoisotopic (exact) mass is 397 g/mol. The maximum atomic E-state index is 11.7. The van der Waals surface area contributed by atoms with Crippen molar-refractivity contribution in [1.82, 2.24) is 0 Å². The Kier molecular flexibility index (Phi) is 7.67. The maximum Gasteiger partial charge on any atom is 0.162 e. The molecule has 0 aliphatic carbocycles. The number of nitrogens with one attached hydrogen (secondary N) is 1. The number of carbonyl (C=O) groups is 1. The van der Waals surface area contributed by atoms with Crippen molar-refractivity contribution in [2.75, 3.05) is 44.2 Å². The van der Waals surface area contributed by atoms with Gasteiger partial charge in [0.05, 0.1) is 26.2 Å². The van der Waals surface area contributed by atoms with Gasteiger partial charge in [0.15, 0.2) is 5.78 Å². The van der Waals surface area contributed by atoms with E-state index in [9.17, 15) is 9.90 Å². The van der Waals surface area contributed by atoms with Crippen LogP contribution in [0.4, 0.5) is 5.69 Å². The first kappa shape index (κ1) is 21.3. The van der Waals surface area contributed by atoms with E-state index in [1.54, 1.807) is 24.3 Å². The van der Waals surface area contributed by atoms with Crippen molar-refractivity contribution < 1.29 is 19.5 Å². The summed E-state index contributed by atoms with van der Waals surface area (Å²) in [7, 11) is 0. The SMILES string of the molecule is CCC(=O)c1ccc(OC[C@H](O)C[NH+]2CCN(c3ccc(CC)cc3)CC2)cc1. The van der Waals surface area contributed by atoms with Crippen LogP contribution in [-0.2, 0) is 6.42 Å². The van der Waals surface area contributed by atoms with Crippen LogP contribution in [0.3, 0.4) is 0 Å². The average molecular weight is 398 g/mol. The Morgan fingerprint density at radius 1 is 1.07 bits per heavy atom. The molecule has 29 heavy (non-hydrogen) atoms. The van der Waals surface area contributed by atoms with Gasteiger partial charge in [-0.05, 0) is 48.4 Å². The number of aliphatic hydroxyl groups is 1. The lowest BCUT2D eigenvalue weighted by molar-refractivity contribution is -0.903. The molecule has 5 nitrogen and oxygen atoms in total. The van der Waals surface area contributed by atoms with E-state index in [0.717, 1.165) is 32.6 Å². The number of piperazine rings is 1. The van der Waals surface area contributed by atoms with Crippen LogP contribution in [0, 0.1) is 0 Å². The van der Waals surface area contributed by atoms with Crippen LogP contribution in [0.25, 0.3) is 0 Å². The summed E-state index contributed by atoms with van der Waals surface area (Å²) in [4.78, 5) is 15.5. The summed E-state index contributed by atoms with van der Waals surface area (Å²) in [5.74, 6) is 0.813. The fourth-order valence-corrected chi connectivity index (χ4v) is 3.75. The number of aryl methyl sites for hydroxylation is 1. The molecular formula is C24H33N2O3+. The molecule has 2 aromatic carbocycles. The zero-order valence-corrected chi connectivity index (χ0v) is 17.6. The van der Waals surface area contributed by atoms with Crippen LogP contribution in [-0.4, -0.2) is 56.3 Å². The van der Waals surface area contributed by atoms with Gasteiger partial charge in [0.2, 0.25) is 0 Å². The largest absolute Gasteiger partial charge is 0.491 e. The molecule has 1 aliphatic heterocycles. The number of rotatable bonds is 9. The lowest BCUT2D eigenvalue weighted by atomic mass is 10.1. The summed E-state index contributed by atoms with van der Waals surface area (Å²) in [6, 6.07) is 16.0. The Bertz CT molecular complexity index is 766. The van der Waals surface area contributed by atoms with Crippen LogP contribution in [0.5, 0.6) is 5.75 Å². The number of carbonyl (C=O) groups excluding carboxylic acids is 1. The Labute approximate surface area is 173 Å². The van der Waals surface area contributed by atoms with Crippen LogP contribution in [0.2, 0.25) is 0 Å². The number of anilines is 1. The molecular weight excluding hydrogens is 364 g/mol. The van der Waals surface area contributed by atoms with E-state index in [1.807, 2.05) is 6.92 Å². The Morgan fingerprint density at radius 2 is 1.72 bits per heavy atom. The number of ether oxygens (including phenoxy) is 1. The fourth-order valence-electron chi connectivity index (χ4n) is 3.75. The molecule has 1 heterocycles. The van der Waals surface area contributed by atoms with Gasteiger partial charge in [-0.25, -0.2) is 0 Å². The van der Waals surface area contributed by atoms with Crippen LogP contribution < -0.4 is 14.5 Å². The van der Waals surface area contributed by atoms with E-state index in [0.29, 0.717) is 24.3 Å². The predicted molar refractivity (Wildman–Crippen MR) is 116 cm³/mol. The molecule has 0 aromatic heterocycles. The second-order valence-corrected chi connectivity index (χ2v) is 7.73. The summed E-state index contributed by atoms with van der Waals surface area (Å²) < 4.78 is 5.70. The summed E-state index contributed by atoms with van der Waals surface area (Å²) in [5.41, 5.74) is 3.36. The minimum absolute atomic E-state index is 0.126. The molecule has 1 atom stereocenters. The molecule has 0 bridgehead atoms. The van der Waals surface area contributed by atoms with E-state index >= 15 is 0 Å². The third-order valence-corrected chi connectivity index (χ3v) is 5.64. The molecule has 0 amide bonds. The lowest BCUT2D eigenvalue weighted by Crippen LogP contribution is -3.16. The highest BCUT2D eigenvalue weighted by atomic mass is 16.5. The van der Waals surface area contributed by atoms with Gasteiger partial charge in [0.25, 0.3) is 0 Å². The van der Waals surface area contributed by atoms with Crippen molar-refractivity contribution in [3.63, 3.8) is 0 Å². The van der Waals surface area contributed by atoms with Crippen LogP contribution in [0.1, 0.15) is 36.2 Å². The first-order chi connectivity index (χ1) is 14.1. The molecule has 1 aliphatic rings. The molecule has 1 fully saturated rings. The Morgan fingerprint density at radius 3 is 2.31 bits per heavy atom. The van der Waals surface area contributed by atoms with Gasteiger partial charge in [0.1, 0.15) is 25.0 Å². The molecule has 0 saturated carbocycles. The van der Waals surface area contributed by atoms with Gasteiger partial charge < -0.3 is 19.6 Å². The van der Waals surface area contributed by atoms with Gasteiger partial charge in [-0.15, -0.1) is 0 Å². The predicted octanol–water partition coefficient (Wildman–Crippen LogP) is 1.99. The van der Waals surface area contributed by atoms with Crippen molar-refractivity contribution in [3.05, 3.63) is 59.7 Å². The van der Waals surface area contributed by atoms with Gasteiger partial charge in [0, 0.05) is 17.7 Å². The number of hydrogen-bond donors (Lipinski definition) is 2. The molecule has 5 heteroatoms. The highest BCUT2D eigenvalue weighted by Gasteiger charge is 2.23. The molecule has 2 N–H and O–H groups in total. The van der Waals surface area contributed by atoms with Crippen molar-refractivity contribution in [3.8, 4) is 5.75 Å². The van der Waals surface area contributed by atoms with Gasteiger partial charge in [-0.3, -0.25) is 4.79 Å². The van der Waals surface area contributed by atoms with Crippen molar-refractivity contribution in [2.24, 2.45) is 0 Å². The number of ketones is 1. The van der Waals surface area contributed by atoms with Gasteiger partial charge in [-0.2, -0.15) is 0 Å². The second-order valence-electron chi connectivity index (χ2n) is 7.73. The summed E-state index contributed by atoms with van der Waals surface area (Å²) in [6.45, 7) is 9.02. The van der Waals surface area contributed by atoms with Gasteiger partial charge in [-0.1, -0.05) is 26.0 Å². The first-order valence-electron chi connectivity index (χ1n) is 10.7. The minimum Gasteiger partial charge on any atom is -0.491 e. The summed E-state index contributed by atoms with van der Waals surface area (Å²) in [6.07, 6.45) is 1.07. The molecule has 0 unspecified atom stereocenters. The normalized spacial score (nSPS) is 15.9. The third kappa shape index (κ3) is 6.05. The average Bonchev–Trinajstić information content (AvgIpc) is 2.78. The van der Waals surface area contributed by atoms with Gasteiger partial charge >= 0.3 is 0 Å². The zero-order chi connectivity index (χ0) is 20.6. The van der Waals surface area contributed by atoms with E-state index < -0.39 is 6.10 Å². The number of hydrogen-bond acceptors (Lipinski definition) is 4. The van der Waals surface area contributed by atoms with E-state index in [2.05, 4.69) is 36.1 Å². The van der Waals surface area contributed by atoms with Crippen molar-refractivity contribution in [2.45, 2.75) is 32.8 Å². The zero-order valence-electron chi connectivity index (χ0n) is 17.6. The Hall–Kier alpha value is -2.37.